The number of hydrogen-bond donors (Lipinski definition) is 2. The summed E-state index contributed by atoms with van der Waals surface area (Å²) in [6.45, 7) is -0.529. The lowest BCUT2D eigenvalue weighted by atomic mass is 10.1. The Morgan fingerprint density at radius 3 is 2.65 bits per heavy atom. The van der Waals surface area contributed by atoms with Gasteiger partial charge < -0.3 is 10.4 Å². The number of rotatable bonds is 5. The minimum atomic E-state index is -1.65. The molecule has 0 aliphatic heterocycles. The molecule has 0 aliphatic rings. The molecule has 0 radical (unpaired) electrons. The summed E-state index contributed by atoms with van der Waals surface area (Å²) in [6, 6.07) is 3.07. The predicted octanol–water partition coefficient (Wildman–Crippen LogP) is 1.07. The lowest BCUT2D eigenvalue weighted by Gasteiger charge is -2.13. The molecule has 2 N–H and O–H groups in total. The van der Waals surface area contributed by atoms with Crippen molar-refractivity contribution in [2.75, 3.05) is 6.54 Å². The Balaban J connectivity index is 2.14. The van der Waals surface area contributed by atoms with E-state index in [9.17, 15) is 28.8 Å². The summed E-state index contributed by atoms with van der Waals surface area (Å²) in [4.78, 5) is 22.0. The molecule has 1 aromatic carbocycles. The number of hydrogen-bond acceptors (Lipinski definition) is 5. The molecule has 0 saturated carbocycles. The molecule has 1 heterocycles. The monoisotopic (exact) mass is 326 g/mol. The molecule has 122 valence electrons. The number of aromatic nitrogens is 2. The first-order valence-electron chi connectivity index (χ1n) is 6.39. The number of carbonyl (C=O) groups is 1. The van der Waals surface area contributed by atoms with Crippen molar-refractivity contribution in [3.05, 3.63) is 57.4 Å². The fourth-order valence-electron chi connectivity index (χ4n) is 2.03. The molecule has 0 saturated heterocycles. The fourth-order valence-corrected chi connectivity index (χ4v) is 2.03. The van der Waals surface area contributed by atoms with Crippen LogP contribution in [0.3, 0.4) is 0 Å². The van der Waals surface area contributed by atoms with E-state index in [4.69, 9.17) is 0 Å². The van der Waals surface area contributed by atoms with E-state index in [2.05, 4.69) is 10.4 Å². The SMILES string of the molecule is Cn1ncc([N+](=O)[O-])c1C(=O)NCC(O)c1c(F)cccc1F. The maximum absolute atomic E-state index is 13.5. The van der Waals surface area contributed by atoms with E-state index in [0.29, 0.717) is 0 Å². The van der Waals surface area contributed by atoms with Gasteiger partial charge in [-0.2, -0.15) is 5.10 Å². The Morgan fingerprint density at radius 2 is 2.09 bits per heavy atom. The van der Waals surface area contributed by atoms with Crippen LogP contribution in [0, 0.1) is 21.7 Å². The van der Waals surface area contributed by atoms with Gasteiger partial charge in [-0.3, -0.25) is 19.6 Å². The van der Waals surface area contributed by atoms with Crippen molar-refractivity contribution in [1.82, 2.24) is 15.1 Å². The van der Waals surface area contributed by atoms with E-state index in [1.165, 1.54) is 7.05 Å². The van der Waals surface area contributed by atoms with E-state index in [0.717, 1.165) is 29.1 Å². The molecule has 0 spiro atoms. The largest absolute Gasteiger partial charge is 0.386 e. The van der Waals surface area contributed by atoms with Gasteiger partial charge in [0.2, 0.25) is 5.69 Å². The average Bonchev–Trinajstić information content (AvgIpc) is 2.86. The third kappa shape index (κ3) is 3.31. The minimum Gasteiger partial charge on any atom is -0.386 e. The smallest absolute Gasteiger partial charge is 0.320 e. The zero-order chi connectivity index (χ0) is 17.1. The Morgan fingerprint density at radius 1 is 1.48 bits per heavy atom. The first-order valence-corrected chi connectivity index (χ1v) is 6.39. The van der Waals surface area contributed by atoms with Gasteiger partial charge in [-0.15, -0.1) is 0 Å². The van der Waals surface area contributed by atoms with Crippen LogP contribution >= 0.6 is 0 Å². The molecule has 1 aromatic heterocycles. The molecule has 1 amide bonds. The summed E-state index contributed by atoms with van der Waals surface area (Å²) >= 11 is 0. The number of nitro groups is 1. The number of aryl methyl sites for hydroxylation is 1. The quantitative estimate of drug-likeness (QED) is 0.631. The standard InChI is InChI=1S/C13H12F2N4O4/c1-18-12(9(5-17-18)19(22)23)13(21)16-6-10(20)11-7(14)3-2-4-8(11)15/h2-5,10,20H,6H2,1H3,(H,16,21). The molecule has 1 atom stereocenters. The highest BCUT2D eigenvalue weighted by Gasteiger charge is 2.26. The molecular weight excluding hydrogens is 314 g/mol. The number of aliphatic hydroxyl groups is 1. The van der Waals surface area contributed by atoms with Crippen LogP contribution in [0.15, 0.2) is 24.4 Å². The summed E-state index contributed by atoms with van der Waals surface area (Å²) in [5.74, 6) is -2.82. The van der Waals surface area contributed by atoms with Gasteiger partial charge in [-0.05, 0) is 12.1 Å². The Bertz CT molecular complexity index is 742. The van der Waals surface area contributed by atoms with Gasteiger partial charge >= 0.3 is 5.69 Å². The third-order valence-corrected chi connectivity index (χ3v) is 3.12. The highest BCUT2D eigenvalue weighted by atomic mass is 19.1. The zero-order valence-corrected chi connectivity index (χ0v) is 11.9. The van der Waals surface area contributed by atoms with Crippen LogP contribution in [0.2, 0.25) is 0 Å². The van der Waals surface area contributed by atoms with Gasteiger partial charge in [0.1, 0.15) is 23.9 Å². The fraction of sp³-hybridized carbons (Fsp3) is 0.231. The summed E-state index contributed by atoms with van der Waals surface area (Å²) in [6.07, 6.45) is -0.741. The van der Waals surface area contributed by atoms with E-state index in [1.54, 1.807) is 0 Å². The van der Waals surface area contributed by atoms with Crippen LogP contribution in [-0.2, 0) is 7.05 Å². The average molecular weight is 326 g/mol. The van der Waals surface area contributed by atoms with Crippen LogP contribution in [0.1, 0.15) is 22.2 Å². The molecule has 2 aromatic rings. The number of amides is 1. The maximum Gasteiger partial charge on any atom is 0.320 e. The highest BCUT2D eigenvalue weighted by Crippen LogP contribution is 2.21. The summed E-state index contributed by atoms with van der Waals surface area (Å²) in [5.41, 5.74) is -1.44. The van der Waals surface area contributed by atoms with Gasteiger partial charge in [0.25, 0.3) is 5.91 Å². The molecule has 1 unspecified atom stereocenters. The van der Waals surface area contributed by atoms with Crippen molar-refractivity contribution in [1.29, 1.82) is 0 Å². The lowest BCUT2D eigenvalue weighted by Crippen LogP contribution is -2.31. The Kier molecular flexibility index (Phi) is 4.65. The Hall–Kier alpha value is -2.88. The predicted molar refractivity (Wildman–Crippen MR) is 73.5 cm³/mol. The molecule has 23 heavy (non-hydrogen) atoms. The van der Waals surface area contributed by atoms with Gasteiger partial charge in [0.05, 0.1) is 10.5 Å². The summed E-state index contributed by atoms with van der Waals surface area (Å²) < 4.78 is 28.0. The number of aliphatic hydroxyl groups excluding tert-OH is 1. The zero-order valence-electron chi connectivity index (χ0n) is 11.9. The van der Waals surface area contributed by atoms with Crippen molar-refractivity contribution in [3.63, 3.8) is 0 Å². The topological polar surface area (TPSA) is 110 Å². The van der Waals surface area contributed by atoms with Crippen molar-refractivity contribution in [3.8, 4) is 0 Å². The van der Waals surface area contributed by atoms with E-state index >= 15 is 0 Å². The number of halogens is 2. The van der Waals surface area contributed by atoms with Crippen LogP contribution in [0.4, 0.5) is 14.5 Å². The van der Waals surface area contributed by atoms with Gasteiger partial charge in [0.15, 0.2) is 0 Å². The normalized spacial score (nSPS) is 12.0. The molecule has 0 bridgehead atoms. The van der Waals surface area contributed by atoms with Crippen molar-refractivity contribution >= 4 is 11.6 Å². The number of carbonyl (C=O) groups excluding carboxylic acids is 1. The highest BCUT2D eigenvalue weighted by molar-refractivity contribution is 5.96. The summed E-state index contributed by atoms with van der Waals surface area (Å²) in [5, 5.41) is 26.4. The van der Waals surface area contributed by atoms with Gasteiger partial charge in [0, 0.05) is 13.6 Å². The molecule has 0 aliphatic carbocycles. The first kappa shape index (κ1) is 16.5. The third-order valence-electron chi connectivity index (χ3n) is 3.12. The van der Waals surface area contributed by atoms with Crippen LogP contribution in [0.25, 0.3) is 0 Å². The lowest BCUT2D eigenvalue weighted by molar-refractivity contribution is -0.385. The Labute approximate surface area is 128 Å². The molecule has 2 rings (SSSR count). The second-order valence-corrected chi connectivity index (χ2v) is 4.62. The van der Waals surface area contributed by atoms with Crippen molar-refractivity contribution < 1.29 is 23.6 Å². The van der Waals surface area contributed by atoms with Crippen LogP contribution in [0.5, 0.6) is 0 Å². The number of nitrogens with one attached hydrogen (secondary N) is 1. The number of nitrogens with zero attached hydrogens (tertiary/aromatic N) is 3. The molecular formula is C13H12F2N4O4. The van der Waals surface area contributed by atoms with Crippen LogP contribution in [-0.4, -0.2) is 32.3 Å². The van der Waals surface area contributed by atoms with Crippen molar-refractivity contribution in [2.45, 2.75) is 6.10 Å². The molecule has 8 nitrogen and oxygen atoms in total. The van der Waals surface area contributed by atoms with Crippen LogP contribution < -0.4 is 5.32 Å². The minimum absolute atomic E-state index is 0.337. The van der Waals surface area contributed by atoms with E-state index in [-0.39, 0.29) is 5.69 Å². The first-order chi connectivity index (χ1) is 10.8. The summed E-state index contributed by atoms with van der Waals surface area (Å²) in [7, 11) is 1.33. The number of benzene rings is 1. The molecule has 0 fully saturated rings. The van der Waals surface area contributed by atoms with Gasteiger partial charge in [-0.25, -0.2) is 8.78 Å². The van der Waals surface area contributed by atoms with Crippen molar-refractivity contribution in [2.24, 2.45) is 7.05 Å². The van der Waals surface area contributed by atoms with Gasteiger partial charge in [-0.1, -0.05) is 6.07 Å². The second-order valence-electron chi connectivity index (χ2n) is 4.62. The molecule has 10 heteroatoms. The van der Waals surface area contributed by atoms with E-state index in [1.807, 2.05) is 0 Å². The van der Waals surface area contributed by atoms with E-state index < -0.39 is 46.4 Å². The maximum atomic E-state index is 13.5. The second kappa shape index (κ2) is 6.48.